The molecule has 0 aliphatic heterocycles. The molecule has 2 aromatic rings. The zero-order chi connectivity index (χ0) is 18.0. The van der Waals surface area contributed by atoms with Crippen LogP contribution in [0.1, 0.15) is 48.9 Å². The highest BCUT2D eigenvalue weighted by molar-refractivity contribution is 5.27. The monoisotopic (exact) mass is 346 g/mol. The summed E-state index contributed by atoms with van der Waals surface area (Å²) in [7, 11) is 2.05. The van der Waals surface area contributed by atoms with Crippen molar-refractivity contribution >= 4 is 0 Å². The molecule has 2 unspecified atom stereocenters. The SMILES string of the molecule is CNC(c1ccccc1)C(NCCCC1=CCC=CC1)c1ccccc1. The van der Waals surface area contributed by atoms with Crippen molar-refractivity contribution in [3.8, 4) is 0 Å². The zero-order valence-electron chi connectivity index (χ0n) is 15.7. The van der Waals surface area contributed by atoms with E-state index in [4.69, 9.17) is 0 Å². The van der Waals surface area contributed by atoms with Gasteiger partial charge < -0.3 is 10.6 Å². The Kier molecular flexibility index (Phi) is 7.24. The highest BCUT2D eigenvalue weighted by atomic mass is 15.0. The Hall–Kier alpha value is -2.16. The third-order valence-electron chi connectivity index (χ3n) is 5.09. The first-order valence-electron chi connectivity index (χ1n) is 9.72. The van der Waals surface area contributed by atoms with E-state index in [0.29, 0.717) is 0 Å². The third-order valence-corrected chi connectivity index (χ3v) is 5.09. The van der Waals surface area contributed by atoms with Crippen LogP contribution in [0.4, 0.5) is 0 Å². The highest BCUT2D eigenvalue weighted by Gasteiger charge is 2.22. The van der Waals surface area contributed by atoms with Crippen LogP contribution in [0.15, 0.2) is 84.5 Å². The molecule has 0 saturated heterocycles. The van der Waals surface area contributed by atoms with E-state index in [1.807, 2.05) is 0 Å². The minimum Gasteiger partial charge on any atom is -0.311 e. The van der Waals surface area contributed by atoms with Gasteiger partial charge in [0.15, 0.2) is 0 Å². The molecule has 0 fully saturated rings. The summed E-state index contributed by atoms with van der Waals surface area (Å²) in [6.07, 6.45) is 11.5. The minimum atomic E-state index is 0.246. The van der Waals surface area contributed by atoms with Gasteiger partial charge in [-0.05, 0) is 50.4 Å². The van der Waals surface area contributed by atoms with Crippen LogP contribution in [0.5, 0.6) is 0 Å². The van der Waals surface area contributed by atoms with Gasteiger partial charge in [-0.25, -0.2) is 0 Å². The second-order valence-electron chi connectivity index (χ2n) is 6.90. The Morgan fingerprint density at radius 3 is 2.08 bits per heavy atom. The fourth-order valence-electron chi connectivity index (χ4n) is 3.70. The number of rotatable bonds is 9. The zero-order valence-corrected chi connectivity index (χ0v) is 15.7. The van der Waals surface area contributed by atoms with E-state index >= 15 is 0 Å². The van der Waals surface area contributed by atoms with Gasteiger partial charge in [-0.1, -0.05) is 84.5 Å². The van der Waals surface area contributed by atoms with Gasteiger partial charge in [0, 0.05) is 0 Å². The summed E-state index contributed by atoms with van der Waals surface area (Å²) in [4.78, 5) is 0. The smallest absolute Gasteiger partial charge is 0.0518 e. The molecule has 2 nitrogen and oxygen atoms in total. The molecule has 0 saturated carbocycles. The number of hydrogen-bond donors (Lipinski definition) is 2. The maximum Gasteiger partial charge on any atom is 0.0518 e. The van der Waals surface area contributed by atoms with Gasteiger partial charge in [-0.3, -0.25) is 0 Å². The second-order valence-corrected chi connectivity index (χ2v) is 6.90. The van der Waals surface area contributed by atoms with Crippen LogP contribution >= 0.6 is 0 Å². The average Bonchev–Trinajstić information content (AvgIpc) is 2.72. The van der Waals surface area contributed by atoms with Crippen molar-refractivity contribution in [3.05, 3.63) is 95.6 Å². The Morgan fingerprint density at radius 1 is 0.846 bits per heavy atom. The summed E-state index contributed by atoms with van der Waals surface area (Å²) in [6, 6.07) is 22.0. The summed E-state index contributed by atoms with van der Waals surface area (Å²) < 4.78 is 0. The lowest BCUT2D eigenvalue weighted by Gasteiger charge is -2.29. The molecular weight excluding hydrogens is 316 g/mol. The number of allylic oxidation sites excluding steroid dienone is 4. The normalized spacial score (nSPS) is 16.1. The topological polar surface area (TPSA) is 24.1 Å². The van der Waals surface area contributed by atoms with E-state index in [1.54, 1.807) is 5.57 Å². The van der Waals surface area contributed by atoms with Crippen LogP contribution in [0.3, 0.4) is 0 Å². The summed E-state index contributed by atoms with van der Waals surface area (Å²) in [5.41, 5.74) is 4.23. The van der Waals surface area contributed by atoms with Gasteiger partial charge >= 0.3 is 0 Å². The average molecular weight is 347 g/mol. The highest BCUT2D eigenvalue weighted by Crippen LogP contribution is 2.28. The predicted molar refractivity (Wildman–Crippen MR) is 111 cm³/mol. The lowest BCUT2D eigenvalue weighted by molar-refractivity contribution is 0.403. The molecule has 1 aliphatic rings. The molecule has 2 aromatic carbocycles. The van der Waals surface area contributed by atoms with Crippen molar-refractivity contribution in [3.63, 3.8) is 0 Å². The van der Waals surface area contributed by atoms with Crippen LogP contribution in [0.25, 0.3) is 0 Å². The number of benzene rings is 2. The summed E-state index contributed by atoms with van der Waals surface area (Å²) >= 11 is 0. The van der Waals surface area contributed by atoms with Crippen molar-refractivity contribution < 1.29 is 0 Å². The molecule has 0 spiro atoms. The van der Waals surface area contributed by atoms with Crippen molar-refractivity contribution in [1.29, 1.82) is 0 Å². The fourth-order valence-corrected chi connectivity index (χ4v) is 3.70. The van der Waals surface area contributed by atoms with E-state index in [0.717, 1.165) is 19.4 Å². The Balaban J connectivity index is 1.66. The van der Waals surface area contributed by atoms with Crippen LogP contribution in [-0.4, -0.2) is 13.6 Å². The lowest BCUT2D eigenvalue weighted by Crippen LogP contribution is -2.34. The third kappa shape index (κ3) is 5.17. The first kappa shape index (κ1) is 18.6. The Bertz CT molecular complexity index is 704. The first-order valence-corrected chi connectivity index (χ1v) is 9.72. The molecule has 0 heterocycles. The van der Waals surface area contributed by atoms with Gasteiger partial charge in [0.25, 0.3) is 0 Å². The molecular formula is C24H30N2. The molecule has 0 aromatic heterocycles. The lowest BCUT2D eigenvalue weighted by atomic mass is 9.93. The van der Waals surface area contributed by atoms with Crippen molar-refractivity contribution in [1.82, 2.24) is 10.6 Å². The molecule has 136 valence electrons. The summed E-state index contributed by atoms with van der Waals surface area (Å²) in [5.74, 6) is 0. The largest absolute Gasteiger partial charge is 0.311 e. The van der Waals surface area contributed by atoms with Gasteiger partial charge in [-0.15, -0.1) is 0 Å². The van der Waals surface area contributed by atoms with E-state index in [2.05, 4.69) is 96.6 Å². The van der Waals surface area contributed by atoms with Crippen LogP contribution in [0, 0.1) is 0 Å². The van der Waals surface area contributed by atoms with Crippen molar-refractivity contribution in [2.75, 3.05) is 13.6 Å². The molecule has 2 heteroatoms. The maximum atomic E-state index is 3.82. The van der Waals surface area contributed by atoms with Crippen LogP contribution < -0.4 is 10.6 Å². The predicted octanol–water partition coefficient (Wildman–Crippen LogP) is 5.33. The molecule has 3 rings (SSSR count). The molecule has 0 amide bonds. The molecule has 0 radical (unpaired) electrons. The fraction of sp³-hybridized carbons (Fsp3) is 0.333. The molecule has 26 heavy (non-hydrogen) atoms. The van der Waals surface area contributed by atoms with E-state index in [9.17, 15) is 0 Å². The van der Waals surface area contributed by atoms with E-state index in [-0.39, 0.29) is 12.1 Å². The standard InChI is InChI=1S/C24H30N2/c1-25-23(21-15-7-3-8-16-21)24(22-17-9-4-10-18-22)26-19-11-14-20-12-5-2-6-13-20/h2-5,7-10,13,15-18,23-26H,6,11-12,14,19H2,1H3. The van der Waals surface area contributed by atoms with E-state index < -0.39 is 0 Å². The van der Waals surface area contributed by atoms with Crippen LogP contribution in [0.2, 0.25) is 0 Å². The van der Waals surface area contributed by atoms with Gasteiger partial charge in [0.05, 0.1) is 12.1 Å². The van der Waals surface area contributed by atoms with Crippen molar-refractivity contribution in [2.24, 2.45) is 0 Å². The van der Waals surface area contributed by atoms with Crippen LogP contribution in [-0.2, 0) is 0 Å². The van der Waals surface area contributed by atoms with Crippen molar-refractivity contribution in [2.45, 2.75) is 37.8 Å². The number of likely N-dealkylation sites (N-methyl/N-ethyl adjacent to an activating group) is 1. The minimum absolute atomic E-state index is 0.246. The molecule has 1 aliphatic carbocycles. The second kappa shape index (κ2) is 10.1. The maximum absolute atomic E-state index is 3.82. The molecule has 0 bridgehead atoms. The van der Waals surface area contributed by atoms with Gasteiger partial charge in [0.1, 0.15) is 0 Å². The van der Waals surface area contributed by atoms with Gasteiger partial charge in [-0.2, -0.15) is 0 Å². The summed E-state index contributed by atoms with van der Waals surface area (Å²) in [5, 5.41) is 7.34. The quantitative estimate of drug-likeness (QED) is 0.473. The Labute approximate surface area is 158 Å². The first-order chi connectivity index (χ1) is 12.9. The molecule has 2 N–H and O–H groups in total. The number of nitrogens with one attached hydrogen (secondary N) is 2. The molecule has 2 atom stereocenters. The summed E-state index contributed by atoms with van der Waals surface area (Å²) in [6.45, 7) is 1.02. The van der Waals surface area contributed by atoms with Gasteiger partial charge in [0.2, 0.25) is 0 Å². The Morgan fingerprint density at radius 2 is 1.50 bits per heavy atom. The van der Waals surface area contributed by atoms with E-state index in [1.165, 1.54) is 24.0 Å². The number of hydrogen-bond acceptors (Lipinski definition) is 2.